The first-order chi connectivity index (χ1) is 27.8. The number of hydrogen-bond acceptors (Lipinski definition) is 0. The number of benzene rings is 9. The lowest BCUT2D eigenvalue weighted by molar-refractivity contribution is 1.13. The molecule has 0 aliphatic rings. The van der Waals surface area contributed by atoms with Crippen LogP contribution in [0.5, 0.6) is 0 Å². The molecule has 2 aromatic heterocycles. The van der Waals surface area contributed by atoms with Crippen molar-refractivity contribution in [2.45, 2.75) is 0 Å². The van der Waals surface area contributed by atoms with E-state index in [1.54, 1.807) is 0 Å². The topological polar surface area (TPSA) is 9.86 Å². The first-order valence-corrected chi connectivity index (χ1v) is 19.3. The van der Waals surface area contributed by atoms with Gasteiger partial charge in [0.15, 0.2) is 0 Å². The van der Waals surface area contributed by atoms with E-state index in [0.29, 0.717) is 0 Å². The molecule has 0 saturated heterocycles. The maximum atomic E-state index is 2.44. The van der Waals surface area contributed by atoms with Gasteiger partial charge < -0.3 is 9.13 Å². The van der Waals surface area contributed by atoms with E-state index < -0.39 is 0 Å². The summed E-state index contributed by atoms with van der Waals surface area (Å²) in [6, 6.07) is 79.5. The van der Waals surface area contributed by atoms with Gasteiger partial charge in [-0.15, -0.1) is 0 Å². The first-order valence-electron chi connectivity index (χ1n) is 19.3. The van der Waals surface area contributed by atoms with E-state index in [9.17, 15) is 0 Å². The molecule has 2 nitrogen and oxygen atoms in total. The highest BCUT2D eigenvalue weighted by molar-refractivity contribution is 6.13. The predicted octanol–water partition coefficient (Wildman–Crippen LogP) is 14.5. The molecular formula is C54H36N2. The average molecular weight is 713 g/mol. The Labute approximate surface area is 325 Å². The summed E-state index contributed by atoms with van der Waals surface area (Å²) in [5, 5.41) is 4.96. The molecular weight excluding hydrogens is 677 g/mol. The minimum absolute atomic E-state index is 1.12. The van der Waals surface area contributed by atoms with Crippen molar-refractivity contribution < 1.29 is 0 Å². The molecule has 0 atom stereocenters. The lowest BCUT2D eigenvalue weighted by Crippen LogP contribution is -1.98. The summed E-state index contributed by atoms with van der Waals surface area (Å²) in [6.45, 7) is 0. The molecule has 0 bridgehead atoms. The fourth-order valence-electron chi connectivity index (χ4n) is 8.61. The van der Waals surface area contributed by atoms with Gasteiger partial charge >= 0.3 is 0 Å². The lowest BCUT2D eigenvalue weighted by Gasteiger charge is -2.13. The molecule has 262 valence electrons. The normalized spacial score (nSPS) is 11.6. The van der Waals surface area contributed by atoms with Crippen molar-refractivity contribution in [3.05, 3.63) is 218 Å². The van der Waals surface area contributed by atoms with Gasteiger partial charge in [-0.25, -0.2) is 0 Å². The smallest absolute Gasteiger partial charge is 0.0541 e. The van der Waals surface area contributed by atoms with Crippen molar-refractivity contribution in [1.29, 1.82) is 0 Å². The second-order valence-corrected chi connectivity index (χ2v) is 14.6. The third kappa shape index (κ3) is 5.34. The van der Waals surface area contributed by atoms with E-state index in [-0.39, 0.29) is 0 Å². The molecule has 0 amide bonds. The summed E-state index contributed by atoms with van der Waals surface area (Å²) in [6.07, 6.45) is 0. The van der Waals surface area contributed by atoms with Crippen LogP contribution in [0.2, 0.25) is 0 Å². The van der Waals surface area contributed by atoms with E-state index in [0.717, 1.165) is 11.4 Å². The van der Waals surface area contributed by atoms with Gasteiger partial charge in [-0.2, -0.15) is 0 Å². The molecule has 0 fully saturated rings. The Morgan fingerprint density at radius 1 is 0.196 bits per heavy atom. The fourth-order valence-corrected chi connectivity index (χ4v) is 8.61. The standard InChI is InChI=1S/C54H36N2/c1-5-14-37(15-6-1)41-24-28-51-47(32-41)48-33-42(38-16-7-2-8-17-38)25-29-52(48)55(51)45-22-13-23-46(36-45)56-53-30-26-43(39-18-9-3-10-19-39)34-49(53)50-35-44(27-31-54(50)56)40-20-11-4-12-21-40/h1-36H. The molecule has 0 aliphatic carbocycles. The number of hydrogen-bond donors (Lipinski definition) is 0. The van der Waals surface area contributed by atoms with Crippen molar-refractivity contribution in [3.63, 3.8) is 0 Å². The van der Waals surface area contributed by atoms with E-state index in [4.69, 9.17) is 0 Å². The Morgan fingerprint density at radius 3 is 0.732 bits per heavy atom. The summed E-state index contributed by atoms with van der Waals surface area (Å²) in [5.74, 6) is 0. The van der Waals surface area contributed by atoms with Gasteiger partial charge in [-0.3, -0.25) is 0 Å². The van der Waals surface area contributed by atoms with E-state index in [1.165, 1.54) is 88.1 Å². The second-order valence-electron chi connectivity index (χ2n) is 14.6. The maximum Gasteiger partial charge on any atom is 0.0541 e. The molecule has 0 radical (unpaired) electrons. The number of nitrogens with zero attached hydrogens (tertiary/aromatic N) is 2. The van der Waals surface area contributed by atoms with Crippen LogP contribution in [0.25, 0.3) is 99.5 Å². The number of fused-ring (bicyclic) bond motifs is 6. The minimum Gasteiger partial charge on any atom is -0.309 e. The van der Waals surface area contributed by atoms with Crippen LogP contribution < -0.4 is 0 Å². The Kier molecular flexibility index (Phi) is 7.53. The molecule has 0 aliphatic heterocycles. The van der Waals surface area contributed by atoms with Crippen LogP contribution in [0, 0.1) is 0 Å². The third-order valence-electron chi connectivity index (χ3n) is 11.3. The van der Waals surface area contributed by atoms with Crippen LogP contribution in [-0.4, -0.2) is 9.13 Å². The molecule has 11 aromatic rings. The van der Waals surface area contributed by atoms with Crippen molar-refractivity contribution in [2.75, 3.05) is 0 Å². The minimum atomic E-state index is 1.12. The third-order valence-corrected chi connectivity index (χ3v) is 11.3. The van der Waals surface area contributed by atoms with Gasteiger partial charge in [-0.05, 0) is 111 Å². The lowest BCUT2D eigenvalue weighted by atomic mass is 10.0. The highest BCUT2D eigenvalue weighted by atomic mass is 15.0. The van der Waals surface area contributed by atoms with Crippen LogP contribution in [0.15, 0.2) is 218 Å². The molecule has 11 rings (SSSR count). The molecule has 0 spiro atoms. The van der Waals surface area contributed by atoms with Gasteiger partial charge in [0, 0.05) is 32.9 Å². The number of aromatic nitrogens is 2. The van der Waals surface area contributed by atoms with Crippen molar-refractivity contribution >= 4 is 43.6 Å². The fraction of sp³-hybridized carbons (Fsp3) is 0. The number of rotatable bonds is 6. The van der Waals surface area contributed by atoms with Gasteiger partial charge in [0.25, 0.3) is 0 Å². The summed E-state index contributed by atoms with van der Waals surface area (Å²) >= 11 is 0. The molecule has 0 N–H and O–H groups in total. The SMILES string of the molecule is c1ccc(-c2ccc3c(c2)c2cc(-c4ccccc4)ccc2n3-c2cccc(-n3c4ccc(-c5ccccc5)cc4c4cc(-c5ccccc5)ccc43)c2)cc1. The zero-order chi connectivity index (χ0) is 37.0. The molecule has 9 aromatic carbocycles. The maximum absolute atomic E-state index is 2.44. The quantitative estimate of drug-likeness (QED) is 0.162. The Bertz CT molecular complexity index is 2800. The van der Waals surface area contributed by atoms with E-state index >= 15 is 0 Å². The van der Waals surface area contributed by atoms with Crippen molar-refractivity contribution in [3.8, 4) is 55.9 Å². The highest BCUT2D eigenvalue weighted by Gasteiger charge is 2.18. The highest BCUT2D eigenvalue weighted by Crippen LogP contribution is 2.40. The Balaban J connectivity index is 1.13. The molecule has 2 heterocycles. The zero-order valence-electron chi connectivity index (χ0n) is 30.7. The average Bonchev–Trinajstić information content (AvgIpc) is 3.79. The van der Waals surface area contributed by atoms with Crippen LogP contribution in [-0.2, 0) is 0 Å². The van der Waals surface area contributed by atoms with Crippen LogP contribution in [0.3, 0.4) is 0 Å². The first kappa shape index (κ1) is 32.0. The monoisotopic (exact) mass is 712 g/mol. The summed E-state index contributed by atoms with van der Waals surface area (Å²) in [7, 11) is 0. The van der Waals surface area contributed by atoms with E-state index in [2.05, 4.69) is 228 Å². The Morgan fingerprint density at radius 2 is 0.464 bits per heavy atom. The molecule has 2 heteroatoms. The van der Waals surface area contributed by atoms with Crippen LogP contribution in [0.4, 0.5) is 0 Å². The largest absolute Gasteiger partial charge is 0.309 e. The molecule has 56 heavy (non-hydrogen) atoms. The summed E-state index contributed by atoms with van der Waals surface area (Å²) in [4.78, 5) is 0. The second kappa shape index (κ2) is 13.2. The Hall–Kier alpha value is -7.42. The van der Waals surface area contributed by atoms with Crippen molar-refractivity contribution in [2.24, 2.45) is 0 Å². The van der Waals surface area contributed by atoms with Crippen LogP contribution in [0.1, 0.15) is 0 Å². The summed E-state index contributed by atoms with van der Waals surface area (Å²) < 4.78 is 4.87. The van der Waals surface area contributed by atoms with Gasteiger partial charge in [0.2, 0.25) is 0 Å². The predicted molar refractivity (Wildman–Crippen MR) is 237 cm³/mol. The van der Waals surface area contributed by atoms with Gasteiger partial charge in [-0.1, -0.05) is 152 Å². The van der Waals surface area contributed by atoms with Gasteiger partial charge in [0.05, 0.1) is 22.1 Å². The van der Waals surface area contributed by atoms with Crippen LogP contribution >= 0.6 is 0 Å². The van der Waals surface area contributed by atoms with Crippen molar-refractivity contribution in [1.82, 2.24) is 9.13 Å². The van der Waals surface area contributed by atoms with Gasteiger partial charge in [0.1, 0.15) is 0 Å². The van der Waals surface area contributed by atoms with E-state index in [1.807, 2.05) is 0 Å². The molecule has 0 unspecified atom stereocenters. The zero-order valence-corrected chi connectivity index (χ0v) is 30.7. The molecule has 0 saturated carbocycles. The summed E-state index contributed by atoms with van der Waals surface area (Å²) in [5.41, 5.74) is 16.7.